The highest BCUT2D eigenvalue weighted by atomic mass is 16.5. The third kappa shape index (κ3) is 5.14. The standard InChI is InChI=1S/C21H24O5/c22-18-14-17(10-4-8-16-9-5-11-20(23)26-16)25-19(21(18)24)13-12-15-6-2-1-3-7-15/h1-8,11-13,16-19,21-22,24H,9-10,14H2/b8-4+,13-12+. The lowest BCUT2D eigenvalue weighted by atomic mass is 9.95. The van der Waals surface area contributed by atoms with Gasteiger partial charge in [0.05, 0.1) is 12.2 Å². The van der Waals surface area contributed by atoms with Crippen LogP contribution in [0.1, 0.15) is 24.8 Å². The number of hydrogen-bond donors (Lipinski definition) is 2. The number of ether oxygens (including phenoxy) is 2. The fourth-order valence-corrected chi connectivity index (χ4v) is 3.10. The van der Waals surface area contributed by atoms with Crippen LogP contribution in [0.5, 0.6) is 0 Å². The minimum atomic E-state index is -0.945. The smallest absolute Gasteiger partial charge is 0.331 e. The highest BCUT2D eigenvalue weighted by molar-refractivity contribution is 5.82. The predicted molar refractivity (Wildman–Crippen MR) is 98.2 cm³/mol. The molecule has 2 aliphatic rings. The van der Waals surface area contributed by atoms with E-state index in [2.05, 4.69) is 0 Å². The van der Waals surface area contributed by atoms with Gasteiger partial charge in [0.15, 0.2) is 0 Å². The van der Waals surface area contributed by atoms with E-state index in [1.807, 2.05) is 48.6 Å². The van der Waals surface area contributed by atoms with Crippen LogP contribution in [0, 0.1) is 0 Å². The topological polar surface area (TPSA) is 76.0 Å². The second kappa shape index (κ2) is 8.94. The Morgan fingerprint density at radius 3 is 2.73 bits per heavy atom. The molecule has 1 aromatic carbocycles. The highest BCUT2D eigenvalue weighted by Crippen LogP contribution is 2.24. The Bertz CT molecular complexity index is 679. The molecule has 1 saturated heterocycles. The van der Waals surface area contributed by atoms with Gasteiger partial charge in [0.2, 0.25) is 0 Å². The van der Waals surface area contributed by atoms with Gasteiger partial charge in [-0.25, -0.2) is 4.79 Å². The van der Waals surface area contributed by atoms with Crippen molar-refractivity contribution in [2.24, 2.45) is 0 Å². The van der Waals surface area contributed by atoms with Gasteiger partial charge in [-0.15, -0.1) is 0 Å². The summed E-state index contributed by atoms with van der Waals surface area (Å²) in [5.41, 5.74) is 1.01. The Morgan fingerprint density at radius 1 is 1.15 bits per heavy atom. The van der Waals surface area contributed by atoms with E-state index < -0.39 is 18.3 Å². The summed E-state index contributed by atoms with van der Waals surface area (Å²) in [6, 6.07) is 9.74. The molecule has 0 aliphatic carbocycles. The van der Waals surface area contributed by atoms with Crippen LogP contribution in [0.2, 0.25) is 0 Å². The Hall–Kier alpha value is -2.21. The van der Waals surface area contributed by atoms with Crippen LogP contribution < -0.4 is 0 Å². The SMILES string of the molecule is O=C1C=CCC(/C=C/CC2CC(O)C(O)C(/C=C/c3ccccc3)O2)O1. The first-order valence-electron chi connectivity index (χ1n) is 8.90. The van der Waals surface area contributed by atoms with Crippen molar-refractivity contribution in [1.82, 2.24) is 0 Å². The van der Waals surface area contributed by atoms with Gasteiger partial charge in [0.25, 0.3) is 0 Å². The minimum Gasteiger partial charge on any atom is -0.455 e. The molecule has 0 radical (unpaired) electrons. The monoisotopic (exact) mass is 356 g/mol. The molecule has 0 saturated carbocycles. The summed E-state index contributed by atoms with van der Waals surface area (Å²) in [7, 11) is 0. The quantitative estimate of drug-likeness (QED) is 0.626. The second-order valence-electron chi connectivity index (χ2n) is 6.56. The van der Waals surface area contributed by atoms with Crippen molar-refractivity contribution in [3.8, 4) is 0 Å². The summed E-state index contributed by atoms with van der Waals surface area (Å²) in [6.07, 6.45) is 9.46. The summed E-state index contributed by atoms with van der Waals surface area (Å²) in [5, 5.41) is 20.3. The molecule has 26 heavy (non-hydrogen) atoms. The van der Waals surface area contributed by atoms with Crippen molar-refractivity contribution in [2.45, 2.75) is 49.8 Å². The maximum atomic E-state index is 11.2. The molecule has 5 nitrogen and oxygen atoms in total. The van der Waals surface area contributed by atoms with E-state index in [0.717, 1.165) is 5.56 Å². The number of esters is 1. The molecule has 1 aromatic rings. The number of aliphatic hydroxyl groups excluding tert-OH is 2. The maximum Gasteiger partial charge on any atom is 0.331 e. The van der Waals surface area contributed by atoms with Gasteiger partial charge in [-0.2, -0.15) is 0 Å². The van der Waals surface area contributed by atoms with Crippen LogP contribution >= 0.6 is 0 Å². The molecule has 0 bridgehead atoms. The van der Waals surface area contributed by atoms with E-state index in [4.69, 9.17) is 9.47 Å². The zero-order valence-electron chi connectivity index (χ0n) is 14.5. The molecule has 0 amide bonds. The first-order chi connectivity index (χ1) is 12.6. The fraction of sp³-hybridized carbons (Fsp3) is 0.381. The Kier molecular flexibility index (Phi) is 6.39. The second-order valence-corrected chi connectivity index (χ2v) is 6.56. The van der Waals surface area contributed by atoms with Crippen molar-refractivity contribution in [2.75, 3.05) is 0 Å². The average molecular weight is 356 g/mol. The third-order valence-corrected chi connectivity index (χ3v) is 4.50. The van der Waals surface area contributed by atoms with Gasteiger partial charge < -0.3 is 19.7 Å². The van der Waals surface area contributed by atoms with Gasteiger partial charge >= 0.3 is 5.97 Å². The minimum absolute atomic E-state index is 0.204. The largest absolute Gasteiger partial charge is 0.455 e. The number of hydrogen-bond acceptors (Lipinski definition) is 5. The van der Waals surface area contributed by atoms with Crippen molar-refractivity contribution >= 4 is 12.0 Å². The molecule has 138 valence electrons. The van der Waals surface area contributed by atoms with Crippen LogP contribution in [0.15, 0.2) is 60.7 Å². The summed E-state index contributed by atoms with van der Waals surface area (Å²) in [6.45, 7) is 0. The van der Waals surface area contributed by atoms with Crippen LogP contribution in [0.3, 0.4) is 0 Å². The Balaban J connectivity index is 1.56. The molecular weight excluding hydrogens is 332 g/mol. The Labute approximate surface area is 153 Å². The summed E-state index contributed by atoms with van der Waals surface area (Å²) >= 11 is 0. The van der Waals surface area contributed by atoms with Crippen molar-refractivity contribution < 1.29 is 24.5 Å². The molecule has 2 N–H and O–H groups in total. The lowest BCUT2D eigenvalue weighted by Crippen LogP contribution is -2.47. The van der Waals surface area contributed by atoms with Crippen LogP contribution in [-0.2, 0) is 14.3 Å². The Morgan fingerprint density at radius 2 is 1.96 bits per heavy atom. The summed E-state index contributed by atoms with van der Waals surface area (Å²) in [4.78, 5) is 11.2. The maximum absolute atomic E-state index is 11.2. The fourth-order valence-electron chi connectivity index (χ4n) is 3.10. The van der Waals surface area contributed by atoms with Gasteiger partial charge in [0, 0.05) is 18.9 Å². The van der Waals surface area contributed by atoms with E-state index in [0.29, 0.717) is 19.3 Å². The number of aliphatic hydroxyl groups is 2. The van der Waals surface area contributed by atoms with Gasteiger partial charge in [-0.1, -0.05) is 54.6 Å². The number of carbonyl (C=O) groups is 1. The van der Waals surface area contributed by atoms with Crippen LogP contribution in [0.4, 0.5) is 0 Å². The van der Waals surface area contributed by atoms with E-state index in [1.54, 1.807) is 12.2 Å². The molecule has 1 fully saturated rings. The average Bonchev–Trinajstić information content (AvgIpc) is 2.64. The predicted octanol–water partition coefficient (Wildman–Crippen LogP) is 2.40. The third-order valence-electron chi connectivity index (χ3n) is 4.50. The van der Waals surface area contributed by atoms with Gasteiger partial charge in [-0.3, -0.25) is 0 Å². The normalized spacial score (nSPS) is 32.2. The van der Waals surface area contributed by atoms with E-state index >= 15 is 0 Å². The van der Waals surface area contributed by atoms with Gasteiger partial charge in [0.1, 0.15) is 18.3 Å². The van der Waals surface area contributed by atoms with Crippen molar-refractivity contribution in [3.05, 3.63) is 66.3 Å². The van der Waals surface area contributed by atoms with E-state index in [-0.39, 0.29) is 18.2 Å². The zero-order valence-corrected chi connectivity index (χ0v) is 14.5. The summed E-state index contributed by atoms with van der Waals surface area (Å²) in [5.74, 6) is -0.329. The number of benzene rings is 1. The van der Waals surface area contributed by atoms with Crippen molar-refractivity contribution in [1.29, 1.82) is 0 Å². The molecule has 5 heteroatoms. The lowest BCUT2D eigenvalue weighted by Gasteiger charge is -2.35. The summed E-state index contributed by atoms with van der Waals surface area (Å²) < 4.78 is 11.1. The van der Waals surface area contributed by atoms with Crippen molar-refractivity contribution in [3.63, 3.8) is 0 Å². The number of carbonyl (C=O) groups excluding carboxylic acids is 1. The number of cyclic esters (lactones) is 1. The molecule has 2 aliphatic heterocycles. The molecule has 5 atom stereocenters. The molecule has 0 spiro atoms. The first kappa shape index (κ1) is 18.6. The van der Waals surface area contributed by atoms with Crippen LogP contribution in [-0.4, -0.2) is 46.7 Å². The molecule has 0 aromatic heterocycles. The van der Waals surface area contributed by atoms with Gasteiger partial charge in [-0.05, 0) is 18.1 Å². The molecule has 5 unspecified atom stereocenters. The van der Waals surface area contributed by atoms with E-state index in [9.17, 15) is 15.0 Å². The number of rotatable bonds is 5. The van der Waals surface area contributed by atoms with Crippen LogP contribution in [0.25, 0.3) is 6.08 Å². The molecule has 3 rings (SSSR count). The lowest BCUT2D eigenvalue weighted by molar-refractivity contribution is -0.149. The highest BCUT2D eigenvalue weighted by Gasteiger charge is 2.34. The van der Waals surface area contributed by atoms with E-state index in [1.165, 1.54) is 6.08 Å². The zero-order chi connectivity index (χ0) is 18.4. The molecule has 2 heterocycles. The molecular formula is C21H24O5. The first-order valence-corrected chi connectivity index (χ1v) is 8.90.